The minimum Gasteiger partial charge on any atom is -0.495 e. The van der Waals surface area contributed by atoms with E-state index in [0.29, 0.717) is 18.0 Å². The second kappa shape index (κ2) is 5.82. The molecule has 3 heteroatoms. The summed E-state index contributed by atoms with van der Waals surface area (Å²) in [5.74, 6) is 7.14. The highest BCUT2D eigenvalue weighted by atomic mass is 16.5. The summed E-state index contributed by atoms with van der Waals surface area (Å²) in [7, 11) is 1.59. The normalized spacial score (nSPS) is 8.93. The van der Waals surface area contributed by atoms with Crippen molar-refractivity contribution in [2.24, 2.45) is 0 Å². The van der Waals surface area contributed by atoms with Gasteiger partial charge in [-0.3, -0.25) is 0 Å². The van der Waals surface area contributed by atoms with Crippen LogP contribution >= 0.6 is 0 Å². The van der Waals surface area contributed by atoms with Crippen molar-refractivity contribution in [2.45, 2.75) is 13.3 Å². The first kappa shape index (κ1) is 11.3. The summed E-state index contributed by atoms with van der Waals surface area (Å²) in [6, 6.07) is 5.36. The average molecular weight is 205 g/mol. The molecule has 0 saturated carbocycles. The quantitative estimate of drug-likeness (QED) is 0.465. The molecule has 3 nitrogen and oxygen atoms in total. The van der Waals surface area contributed by atoms with Gasteiger partial charge in [0, 0.05) is 12.5 Å². The van der Waals surface area contributed by atoms with Crippen LogP contribution < -0.4 is 15.2 Å². The molecule has 0 aromatic heterocycles. The van der Waals surface area contributed by atoms with E-state index >= 15 is 0 Å². The Balaban J connectivity index is 2.54. The predicted molar refractivity (Wildman–Crippen MR) is 61.0 cm³/mol. The molecule has 2 N–H and O–H groups in total. The van der Waals surface area contributed by atoms with Crippen molar-refractivity contribution in [2.75, 3.05) is 19.5 Å². The molecule has 0 aliphatic heterocycles. The maximum Gasteiger partial charge on any atom is 0.142 e. The first-order valence-electron chi connectivity index (χ1n) is 4.74. The molecule has 0 aliphatic rings. The van der Waals surface area contributed by atoms with Crippen molar-refractivity contribution in [1.29, 1.82) is 0 Å². The van der Waals surface area contributed by atoms with Gasteiger partial charge in [-0.15, -0.1) is 11.8 Å². The number of nitrogens with two attached hydrogens (primary N) is 1. The minimum absolute atomic E-state index is 0.576. The van der Waals surface area contributed by atoms with Gasteiger partial charge in [0.2, 0.25) is 0 Å². The van der Waals surface area contributed by atoms with E-state index in [9.17, 15) is 0 Å². The van der Waals surface area contributed by atoms with Gasteiger partial charge in [-0.05, 0) is 19.1 Å². The van der Waals surface area contributed by atoms with E-state index in [1.165, 1.54) is 0 Å². The lowest BCUT2D eigenvalue weighted by atomic mass is 10.3. The molecule has 0 saturated heterocycles. The Morgan fingerprint density at radius 1 is 1.40 bits per heavy atom. The van der Waals surface area contributed by atoms with Gasteiger partial charge in [-0.1, -0.05) is 0 Å². The van der Waals surface area contributed by atoms with E-state index in [2.05, 4.69) is 11.8 Å². The van der Waals surface area contributed by atoms with E-state index in [1.54, 1.807) is 19.2 Å². The number of rotatable bonds is 4. The third-order valence-electron chi connectivity index (χ3n) is 1.87. The topological polar surface area (TPSA) is 44.5 Å². The van der Waals surface area contributed by atoms with Crippen LogP contribution in [0.15, 0.2) is 18.2 Å². The number of methoxy groups -OCH3 is 1. The van der Waals surface area contributed by atoms with Crippen molar-refractivity contribution >= 4 is 5.69 Å². The summed E-state index contributed by atoms with van der Waals surface area (Å²) in [4.78, 5) is 0. The van der Waals surface area contributed by atoms with Crippen LogP contribution in [0.4, 0.5) is 5.69 Å². The summed E-state index contributed by atoms with van der Waals surface area (Å²) in [6.45, 7) is 2.39. The van der Waals surface area contributed by atoms with Crippen LogP contribution in [0, 0.1) is 11.8 Å². The summed E-state index contributed by atoms with van der Waals surface area (Å²) in [6.07, 6.45) is 0.725. The molecule has 0 atom stereocenters. The first-order chi connectivity index (χ1) is 7.27. The van der Waals surface area contributed by atoms with Crippen molar-refractivity contribution in [3.63, 3.8) is 0 Å². The number of hydrogen-bond donors (Lipinski definition) is 1. The molecule has 80 valence electrons. The predicted octanol–water partition coefficient (Wildman–Crippen LogP) is 2.07. The van der Waals surface area contributed by atoms with Crippen molar-refractivity contribution < 1.29 is 9.47 Å². The number of anilines is 1. The lowest BCUT2D eigenvalue weighted by Crippen LogP contribution is -1.98. The number of hydrogen-bond acceptors (Lipinski definition) is 3. The molecule has 0 aliphatic carbocycles. The molecule has 1 aromatic rings. The Morgan fingerprint density at radius 2 is 2.20 bits per heavy atom. The molecule has 0 radical (unpaired) electrons. The van der Waals surface area contributed by atoms with Crippen LogP contribution in [0.5, 0.6) is 11.5 Å². The fourth-order valence-electron chi connectivity index (χ4n) is 1.15. The average Bonchev–Trinajstić information content (AvgIpc) is 2.25. The monoisotopic (exact) mass is 205 g/mol. The first-order valence-corrected chi connectivity index (χ1v) is 4.74. The Hall–Kier alpha value is -1.82. The molecule has 0 unspecified atom stereocenters. The van der Waals surface area contributed by atoms with Crippen LogP contribution in [0.1, 0.15) is 13.3 Å². The standard InChI is InChI=1S/C12H15NO2/c1-3-4-5-8-15-10-6-7-12(14-2)11(13)9-10/h6-7,9H,5,8,13H2,1-2H3. The van der Waals surface area contributed by atoms with Gasteiger partial charge in [0.25, 0.3) is 0 Å². The van der Waals surface area contributed by atoms with E-state index in [4.69, 9.17) is 15.2 Å². The Labute approximate surface area is 90.2 Å². The summed E-state index contributed by atoms with van der Waals surface area (Å²) in [5.41, 5.74) is 6.31. The van der Waals surface area contributed by atoms with E-state index in [0.717, 1.165) is 12.2 Å². The van der Waals surface area contributed by atoms with E-state index in [-0.39, 0.29) is 0 Å². The van der Waals surface area contributed by atoms with Gasteiger partial charge in [0.05, 0.1) is 19.4 Å². The third-order valence-corrected chi connectivity index (χ3v) is 1.87. The zero-order valence-electron chi connectivity index (χ0n) is 9.04. The second-order valence-corrected chi connectivity index (χ2v) is 2.93. The highest BCUT2D eigenvalue weighted by Crippen LogP contribution is 2.25. The van der Waals surface area contributed by atoms with Gasteiger partial charge in [-0.25, -0.2) is 0 Å². The van der Waals surface area contributed by atoms with E-state index in [1.807, 2.05) is 13.0 Å². The number of nitrogen functional groups attached to an aromatic ring is 1. The Bertz CT molecular complexity index is 377. The van der Waals surface area contributed by atoms with Crippen LogP contribution in [-0.4, -0.2) is 13.7 Å². The molecule has 15 heavy (non-hydrogen) atoms. The molecular weight excluding hydrogens is 190 g/mol. The van der Waals surface area contributed by atoms with Crippen molar-refractivity contribution in [1.82, 2.24) is 0 Å². The molecule has 0 bridgehead atoms. The van der Waals surface area contributed by atoms with Gasteiger partial charge in [0.15, 0.2) is 0 Å². The smallest absolute Gasteiger partial charge is 0.142 e. The highest BCUT2D eigenvalue weighted by molar-refractivity contribution is 5.56. The van der Waals surface area contributed by atoms with Crippen molar-refractivity contribution in [3.05, 3.63) is 18.2 Å². The number of ether oxygens (including phenoxy) is 2. The zero-order valence-corrected chi connectivity index (χ0v) is 9.04. The lowest BCUT2D eigenvalue weighted by Gasteiger charge is -2.07. The van der Waals surface area contributed by atoms with Crippen LogP contribution in [0.3, 0.4) is 0 Å². The fourth-order valence-corrected chi connectivity index (χ4v) is 1.15. The highest BCUT2D eigenvalue weighted by Gasteiger charge is 2.00. The maximum absolute atomic E-state index is 5.73. The zero-order chi connectivity index (χ0) is 11.1. The summed E-state index contributed by atoms with van der Waals surface area (Å²) < 4.78 is 10.5. The van der Waals surface area contributed by atoms with Gasteiger partial charge >= 0.3 is 0 Å². The second-order valence-electron chi connectivity index (χ2n) is 2.93. The van der Waals surface area contributed by atoms with Crippen LogP contribution in [0.2, 0.25) is 0 Å². The van der Waals surface area contributed by atoms with Crippen LogP contribution in [-0.2, 0) is 0 Å². The molecule has 0 heterocycles. The Morgan fingerprint density at radius 3 is 2.80 bits per heavy atom. The van der Waals surface area contributed by atoms with Gasteiger partial charge in [-0.2, -0.15) is 0 Å². The third kappa shape index (κ3) is 3.43. The number of benzene rings is 1. The molecule has 0 fully saturated rings. The summed E-state index contributed by atoms with van der Waals surface area (Å²) in [5, 5.41) is 0. The largest absolute Gasteiger partial charge is 0.495 e. The maximum atomic E-state index is 5.73. The molecule has 0 spiro atoms. The molecular formula is C12H15NO2. The molecule has 0 amide bonds. The van der Waals surface area contributed by atoms with Gasteiger partial charge < -0.3 is 15.2 Å². The Kier molecular flexibility index (Phi) is 4.36. The molecule has 1 aromatic carbocycles. The lowest BCUT2D eigenvalue weighted by molar-refractivity contribution is 0.326. The van der Waals surface area contributed by atoms with Gasteiger partial charge in [0.1, 0.15) is 11.5 Å². The molecule has 1 rings (SSSR count). The SMILES string of the molecule is CC#CCCOc1ccc(OC)c(N)c1. The van der Waals surface area contributed by atoms with E-state index < -0.39 is 0 Å². The summed E-state index contributed by atoms with van der Waals surface area (Å²) >= 11 is 0. The fraction of sp³-hybridized carbons (Fsp3) is 0.333. The van der Waals surface area contributed by atoms with Crippen molar-refractivity contribution in [3.8, 4) is 23.3 Å². The minimum atomic E-state index is 0.576. The van der Waals surface area contributed by atoms with Crippen LogP contribution in [0.25, 0.3) is 0 Å².